The molecule has 24 heavy (non-hydrogen) atoms. The number of fused-ring (bicyclic) bond motifs is 2. The molecule has 0 fully saturated rings. The monoisotopic (exact) mass is 340 g/mol. The summed E-state index contributed by atoms with van der Waals surface area (Å²) in [7, 11) is 0. The highest BCUT2D eigenvalue weighted by Crippen LogP contribution is 2.36. The second-order valence-electron chi connectivity index (χ2n) is 6.09. The number of hydrogen-bond donors (Lipinski definition) is 2. The SMILES string of the molecule is O=C(Cc1c[nH]c2ccccc12)N1CCC(O)c2cc(Cl)ccc21. The van der Waals surface area contributed by atoms with Gasteiger partial charge < -0.3 is 15.0 Å². The summed E-state index contributed by atoms with van der Waals surface area (Å²) in [6, 6.07) is 13.3. The van der Waals surface area contributed by atoms with Crippen LogP contribution < -0.4 is 4.90 Å². The number of carbonyl (C=O) groups excluding carboxylic acids is 1. The van der Waals surface area contributed by atoms with E-state index in [9.17, 15) is 9.90 Å². The number of amides is 1. The van der Waals surface area contributed by atoms with Gasteiger partial charge in [-0.2, -0.15) is 0 Å². The Balaban J connectivity index is 1.65. The van der Waals surface area contributed by atoms with Crippen LogP contribution in [0.15, 0.2) is 48.7 Å². The summed E-state index contributed by atoms with van der Waals surface area (Å²) in [5, 5.41) is 11.8. The van der Waals surface area contributed by atoms with E-state index in [1.807, 2.05) is 36.5 Å². The first-order chi connectivity index (χ1) is 11.6. The van der Waals surface area contributed by atoms with Gasteiger partial charge in [-0.05, 0) is 36.2 Å². The largest absolute Gasteiger partial charge is 0.388 e. The molecule has 2 N–H and O–H groups in total. The molecule has 0 radical (unpaired) electrons. The van der Waals surface area contributed by atoms with Gasteiger partial charge in [-0.3, -0.25) is 4.79 Å². The second-order valence-corrected chi connectivity index (χ2v) is 6.53. The number of aromatic nitrogens is 1. The first-order valence-electron chi connectivity index (χ1n) is 7.96. The highest BCUT2D eigenvalue weighted by Gasteiger charge is 2.28. The molecule has 3 aromatic rings. The van der Waals surface area contributed by atoms with E-state index in [0.29, 0.717) is 24.4 Å². The van der Waals surface area contributed by atoms with Crippen LogP contribution in [-0.4, -0.2) is 22.5 Å². The van der Waals surface area contributed by atoms with Crippen molar-refractivity contribution in [2.24, 2.45) is 0 Å². The number of aliphatic hydroxyl groups excluding tert-OH is 1. The van der Waals surface area contributed by atoms with Crippen molar-refractivity contribution in [3.63, 3.8) is 0 Å². The summed E-state index contributed by atoms with van der Waals surface area (Å²) in [5.41, 5.74) is 3.49. The number of nitrogens with zero attached hydrogens (tertiary/aromatic N) is 1. The fourth-order valence-electron chi connectivity index (χ4n) is 3.36. The Labute approximate surface area is 144 Å². The molecule has 0 spiro atoms. The Bertz CT molecular complexity index is 919. The van der Waals surface area contributed by atoms with E-state index in [2.05, 4.69) is 4.98 Å². The Kier molecular flexibility index (Phi) is 3.79. The third-order valence-corrected chi connectivity index (χ3v) is 4.82. The van der Waals surface area contributed by atoms with Crippen LogP contribution in [-0.2, 0) is 11.2 Å². The molecule has 4 nitrogen and oxygen atoms in total. The number of aromatic amines is 1. The van der Waals surface area contributed by atoms with Crippen molar-refractivity contribution in [3.8, 4) is 0 Å². The smallest absolute Gasteiger partial charge is 0.231 e. The van der Waals surface area contributed by atoms with Crippen LogP contribution >= 0.6 is 11.6 Å². The third-order valence-electron chi connectivity index (χ3n) is 4.58. The molecule has 2 aromatic carbocycles. The molecule has 0 aliphatic carbocycles. The maximum atomic E-state index is 12.9. The number of benzene rings is 2. The number of nitrogens with one attached hydrogen (secondary N) is 1. The number of H-pyrrole nitrogens is 1. The van der Waals surface area contributed by atoms with Crippen molar-refractivity contribution in [1.82, 2.24) is 4.98 Å². The molecule has 1 amide bonds. The number of carbonyl (C=O) groups is 1. The van der Waals surface area contributed by atoms with Crippen molar-refractivity contribution in [2.45, 2.75) is 18.9 Å². The average Bonchev–Trinajstić information content (AvgIpc) is 2.99. The van der Waals surface area contributed by atoms with E-state index in [-0.39, 0.29) is 5.91 Å². The Morgan fingerprint density at radius 2 is 2.12 bits per heavy atom. The average molecular weight is 341 g/mol. The van der Waals surface area contributed by atoms with Gasteiger partial charge in [0.05, 0.1) is 12.5 Å². The van der Waals surface area contributed by atoms with E-state index >= 15 is 0 Å². The topological polar surface area (TPSA) is 56.3 Å². The molecular formula is C19H17ClN2O2. The molecule has 4 rings (SSSR count). The highest BCUT2D eigenvalue weighted by atomic mass is 35.5. The van der Waals surface area contributed by atoms with Gasteiger partial charge in [-0.1, -0.05) is 29.8 Å². The molecule has 0 bridgehead atoms. The van der Waals surface area contributed by atoms with Crippen molar-refractivity contribution in [1.29, 1.82) is 0 Å². The summed E-state index contributed by atoms with van der Waals surface area (Å²) >= 11 is 6.03. The zero-order valence-electron chi connectivity index (χ0n) is 13.0. The van der Waals surface area contributed by atoms with Gasteiger partial charge in [0.25, 0.3) is 0 Å². The number of anilines is 1. The van der Waals surface area contributed by atoms with Crippen LogP contribution in [0.2, 0.25) is 5.02 Å². The zero-order chi connectivity index (χ0) is 16.7. The molecule has 1 aliphatic rings. The van der Waals surface area contributed by atoms with Gasteiger partial charge >= 0.3 is 0 Å². The summed E-state index contributed by atoms with van der Waals surface area (Å²) in [6.45, 7) is 0.511. The van der Waals surface area contributed by atoms with Crippen LogP contribution in [0.1, 0.15) is 23.7 Å². The first-order valence-corrected chi connectivity index (χ1v) is 8.34. The minimum Gasteiger partial charge on any atom is -0.388 e. The lowest BCUT2D eigenvalue weighted by Crippen LogP contribution is -2.37. The predicted molar refractivity (Wildman–Crippen MR) is 95.4 cm³/mol. The molecule has 1 aliphatic heterocycles. The molecule has 0 saturated carbocycles. The van der Waals surface area contributed by atoms with Gasteiger partial charge in [-0.15, -0.1) is 0 Å². The summed E-state index contributed by atoms with van der Waals surface area (Å²) in [4.78, 5) is 17.8. The third kappa shape index (κ3) is 2.58. The summed E-state index contributed by atoms with van der Waals surface area (Å²) < 4.78 is 0. The van der Waals surface area contributed by atoms with Gasteiger partial charge in [-0.25, -0.2) is 0 Å². The molecule has 5 heteroatoms. The van der Waals surface area contributed by atoms with Gasteiger partial charge in [0.15, 0.2) is 0 Å². The summed E-state index contributed by atoms with van der Waals surface area (Å²) in [5.74, 6) is 0.0234. The van der Waals surface area contributed by atoms with E-state index in [1.165, 1.54) is 0 Å². The number of aliphatic hydroxyl groups is 1. The van der Waals surface area contributed by atoms with E-state index < -0.39 is 6.10 Å². The van der Waals surface area contributed by atoms with Gasteiger partial charge in [0.2, 0.25) is 5.91 Å². The van der Waals surface area contributed by atoms with Crippen molar-refractivity contribution in [2.75, 3.05) is 11.4 Å². The normalized spacial score (nSPS) is 17.1. The maximum Gasteiger partial charge on any atom is 0.231 e. The second kappa shape index (κ2) is 5.96. The maximum absolute atomic E-state index is 12.9. The Morgan fingerprint density at radius 3 is 3.00 bits per heavy atom. The Hall–Kier alpha value is -2.30. The molecular weight excluding hydrogens is 324 g/mol. The highest BCUT2D eigenvalue weighted by molar-refractivity contribution is 6.30. The molecule has 0 saturated heterocycles. The van der Waals surface area contributed by atoms with Gasteiger partial charge in [0.1, 0.15) is 0 Å². The lowest BCUT2D eigenvalue weighted by atomic mass is 9.98. The van der Waals surface area contributed by atoms with Crippen molar-refractivity contribution >= 4 is 34.1 Å². The van der Waals surface area contributed by atoms with Crippen LogP contribution in [0.3, 0.4) is 0 Å². The lowest BCUT2D eigenvalue weighted by Gasteiger charge is -2.32. The predicted octanol–water partition coefficient (Wildman–Crippen LogP) is 3.83. The molecule has 122 valence electrons. The Morgan fingerprint density at radius 1 is 1.29 bits per heavy atom. The van der Waals surface area contributed by atoms with Crippen LogP contribution in [0.4, 0.5) is 5.69 Å². The number of hydrogen-bond acceptors (Lipinski definition) is 2. The molecule has 2 heterocycles. The molecule has 1 unspecified atom stereocenters. The first kappa shape index (κ1) is 15.2. The fraction of sp³-hybridized carbons (Fsp3) is 0.211. The van der Waals surface area contributed by atoms with Crippen LogP contribution in [0.5, 0.6) is 0 Å². The van der Waals surface area contributed by atoms with Crippen molar-refractivity contribution < 1.29 is 9.90 Å². The number of halogens is 1. The quantitative estimate of drug-likeness (QED) is 0.744. The summed E-state index contributed by atoms with van der Waals surface area (Å²) in [6.07, 6.45) is 2.16. The molecule has 1 aromatic heterocycles. The van der Waals surface area contributed by atoms with Crippen molar-refractivity contribution in [3.05, 3.63) is 64.8 Å². The van der Waals surface area contributed by atoms with E-state index in [1.54, 1.807) is 17.0 Å². The fourth-order valence-corrected chi connectivity index (χ4v) is 3.54. The van der Waals surface area contributed by atoms with Gasteiger partial charge in [0, 0.05) is 39.9 Å². The number of para-hydroxylation sites is 1. The van der Waals surface area contributed by atoms with E-state index in [4.69, 9.17) is 11.6 Å². The van der Waals surface area contributed by atoms with Crippen LogP contribution in [0.25, 0.3) is 10.9 Å². The minimum atomic E-state index is -0.573. The lowest BCUT2D eigenvalue weighted by molar-refractivity contribution is -0.118. The molecule has 1 atom stereocenters. The zero-order valence-corrected chi connectivity index (χ0v) is 13.8. The minimum absolute atomic E-state index is 0.0234. The number of rotatable bonds is 2. The van der Waals surface area contributed by atoms with E-state index in [0.717, 1.165) is 27.7 Å². The van der Waals surface area contributed by atoms with Crippen LogP contribution in [0, 0.1) is 0 Å². The standard InChI is InChI=1S/C19H17ClN2O2/c20-13-5-6-17-15(10-13)18(23)7-8-22(17)19(24)9-12-11-21-16-4-2-1-3-14(12)16/h1-6,10-11,18,21,23H,7-9H2.